The largest absolute Gasteiger partial charge is 0.492 e. The molecule has 1 amide bonds. The summed E-state index contributed by atoms with van der Waals surface area (Å²) in [5.41, 5.74) is 1.79. The number of amides is 1. The number of nitrogens with one attached hydrogen (secondary N) is 1. The van der Waals surface area contributed by atoms with Crippen LogP contribution in [-0.4, -0.2) is 39.8 Å². The van der Waals surface area contributed by atoms with Gasteiger partial charge in [-0.2, -0.15) is 0 Å². The Hall–Kier alpha value is -2.06. The lowest BCUT2D eigenvalue weighted by molar-refractivity contribution is -0.121. The summed E-state index contributed by atoms with van der Waals surface area (Å²) in [6.45, 7) is 0.978. The lowest BCUT2D eigenvalue weighted by atomic mass is 10.2. The van der Waals surface area contributed by atoms with Crippen molar-refractivity contribution in [1.82, 2.24) is 5.32 Å². The predicted octanol–water partition coefficient (Wildman–Crippen LogP) is 3.12. The maximum absolute atomic E-state index is 12.6. The maximum Gasteiger partial charge on any atom is 0.236 e. The van der Waals surface area contributed by atoms with E-state index in [2.05, 4.69) is 21.2 Å². The van der Waals surface area contributed by atoms with Gasteiger partial charge < -0.3 is 10.1 Å². The SMILES string of the molecule is O=C(CCCOc1ccccc1Br)NCCS(=O)(=O)N1CCc2ccccc21. The van der Waals surface area contributed by atoms with Gasteiger partial charge in [-0.05, 0) is 52.5 Å². The second kappa shape index (κ2) is 9.43. The van der Waals surface area contributed by atoms with Gasteiger partial charge in [0, 0.05) is 19.5 Å². The van der Waals surface area contributed by atoms with Gasteiger partial charge in [0.1, 0.15) is 5.75 Å². The lowest BCUT2D eigenvalue weighted by Gasteiger charge is -2.19. The van der Waals surface area contributed by atoms with Crippen LogP contribution in [0.4, 0.5) is 5.69 Å². The zero-order valence-electron chi connectivity index (χ0n) is 15.4. The third kappa shape index (κ3) is 5.26. The fourth-order valence-corrected chi connectivity index (χ4v) is 4.92. The zero-order chi connectivity index (χ0) is 20.0. The highest BCUT2D eigenvalue weighted by atomic mass is 79.9. The van der Waals surface area contributed by atoms with Crippen LogP contribution in [0.1, 0.15) is 18.4 Å². The molecule has 0 fully saturated rings. The van der Waals surface area contributed by atoms with Crippen molar-refractivity contribution in [3.05, 3.63) is 58.6 Å². The number of sulfonamides is 1. The molecule has 3 rings (SSSR count). The fraction of sp³-hybridized carbons (Fsp3) is 0.350. The number of benzene rings is 2. The van der Waals surface area contributed by atoms with Crippen molar-refractivity contribution < 1.29 is 17.9 Å². The second-order valence-electron chi connectivity index (χ2n) is 6.50. The molecule has 0 bridgehead atoms. The van der Waals surface area contributed by atoms with Crippen LogP contribution >= 0.6 is 15.9 Å². The predicted molar refractivity (Wildman–Crippen MR) is 113 cm³/mol. The van der Waals surface area contributed by atoms with E-state index in [-0.39, 0.29) is 24.6 Å². The molecule has 0 saturated heterocycles. The number of carbonyl (C=O) groups excluding carboxylic acids is 1. The van der Waals surface area contributed by atoms with Crippen molar-refractivity contribution in [2.45, 2.75) is 19.3 Å². The number of halogens is 1. The van der Waals surface area contributed by atoms with E-state index in [0.717, 1.165) is 27.9 Å². The number of rotatable bonds is 9. The van der Waals surface area contributed by atoms with E-state index in [4.69, 9.17) is 4.74 Å². The van der Waals surface area contributed by atoms with E-state index in [1.54, 1.807) is 0 Å². The molecule has 28 heavy (non-hydrogen) atoms. The number of fused-ring (bicyclic) bond motifs is 1. The van der Waals surface area contributed by atoms with Gasteiger partial charge in [-0.3, -0.25) is 9.10 Å². The second-order valence-corrected chi connectivity index (χ2v) is 9.37. The number of ether oxygens (including phenoxy) is 1. The average molecular weight is 467 g/mol. The van der Waals surface area contributed by atoms with Crippen molar-refractivity contribution >= 4 is 37.5 Å². The Kier molecular flexibility index (Phi) is 6.96. The van der Waals surface area contributed by atoms with E-state index in [1.165, 1.54) is 4.31 Å². The minimum Gasteiger partial charge on any atom is -0.492 e. The topological polar surface area (TPSA) is 75.7 Å². The summed E-state index contributed by atoms with van der Waals surface area (Å²) in [6, 6.07) is 15.0. The molecule has 2 aromatic rings. The Morgan fingerprint density at radius 3 is 2.71 bits per heavy atom. The smallest absolute Gasteiger partial charge is 0.236 e. The van der Waals surface area contributed by atoms with Crippen LogP contribution in [0.15, 0.2) is 53.0 Å². The van der Waals surface area contributed by atoms with Gasteiger partial charge in [0.25, 0.3) is 0 Å². The Balaban J connectivity index is 1.38. The number of hydrogen-bond donors (Lipinski definition) is 1. The van der Waals surface area contributed by atoms with Crippen LogP contribution in [0, 0.1) is 0 Å². The molecule has 0 saturated carbocycles. The monoisotopic (exact) mass is 466 g/mol. The normalized spacial score (nSPS) is 13.2. The van der Waals surface area contributed by atoms with Crippen LogP contribution in [0.2, 0.25) is 0 Å². The molecule has 0 radical (unpaired) electrons. The first kappa shape index (κ1) is 20.7. The van der Waals surface area contributed by atoms with Gasteiger partial charge in [-0.1, -0.05) is 30.3 Å². The van der Waals surface area contributed by atoms with Gasteiger partial charge in [-0.15, -0.1) is 0 Å². The van der Waals surface area contributed by atoms with Crippen LogP contribution < -0.4 is 14.4 Å². The molecular formula is C20H23BrN2O4S. The first-order chi connectivity index (χ1) is 13.5. The highest BCUT2D eigenvalue weighted by Crippen LogP contribution is 2.29. The highest BCUT2D eigenvalue weighted by molar-refractivity contribution is 9.10. The zero-order valence-corrected chi connectivity index (χ0v) is 17.8. The lowest BCUT2D eigenvalue weighted by Crippen LogP contribution is -2.37. The molecule has 0 spiro atoms. The summed E-state index contributed by atoms with van der Waals surface area (Å²) < 4.78 is 33.1. The molecule has 0 aromatic heterocycles. The van der Waals surface area contributed by atoms with Gasteiger partial charge in [0.05, 0.1) is 22.5 Å². The summed E-state index contributed by atoms with van der Waals surface area (Å²) in [6.07, 6.45) is 1.57. The fourth-order valence-electron chi connectivity index (χ4n) is 3.09. The number of carbonyl (C=O) groups is 1. The molecule has 1 N–H and O–H groups in total. The maximum atomic E-state index is 12.6. The molecule has 2 aromatic carbocycles. The number of anilines is 1. The highest BCUT2D eigenvalue weighted by Gasteiger charge is 2.28. The molecule has 0 atom stereocenters. The van der Waals surface area contributed by atoms with Crippen LogP contribution in [0.3, 0.4) is 0 Å². The number of hydrogen-bond acceptors (Lipinski definition) is 4. The minimum atomic E-state index is -3.45. The number of nitrogens with zero attached hydrogens (tertiary/aromatic N) is 1. The summed E-state index contributed by atoms with van der Waals surface area (Å²) >= 11 is 3.40. The van der Waals surface area contributed by atoms with Crippen LogP contribution in [0.5, 0.6) is 5.75 Å². The molecule has 1 aliphatic rings. The third-order valence-corrected chi connectivity index (χ3v) is 6.93. The summed E-state index contributed by atoms with van der Waals surface area (Å²) in [5.74, 6) is 0.452. The number of para-hydroxylation sites is 2. The van der Waals surface area contributed by atoms with E-state index in [1.807, 2.05) is 48.5 Å². The van der Waals surface area contributed by atoms with Gasteiger partial charge in [0.2, 0.25) is 15.9 Å². The minimum absolute atomic E-state index is 0.102. The molecule has 1 aliphatic heterocycles. The molecule has 8 heteroatoms. The van der Waals surface area contributed by atoms with Crippen molar-refractivity contribution in [3.63, 3.8) is 0 Å². The third-order valence-electron chi connectivity index (χ3n) is 4.50. The molecule has 0 aliphatic carbocycles. The van der Waals surface area contributed by atoms with E-state index in [0.29, 0.717) is 19.6 Å². The van der Waals surface area contributed by atoms with Gasteiger partial charge >= 0.3 is 0 Å². The van der Waals surface area contributed by atoms with Crippen molar-refractivity contribution in [3.8, 4) is 5.75 Å². The standard InChI is InChI=1S/C20H23BrN2O4S/c21-17-7-2-4-9-19(17)27-14-5-10-20(24)22-12-15-28(25,26)23-13-11-16-6-1-3-8-18(16)23/h1-4,6-9H,5,10-15H2,(H,22,24). The Bertz CT molecular complexity index is 933. The Labute approximate surface area is 174 Å². The Morgan fingerprint density at radius 1 is 1.14 bits per heavy atom. The molecular weight excluding hydrogens is 444 g/mol. The molecule has 6 nitrogen and oxygen atoms in total. The van der Waals surface area contributed by atoms with Crippen LogP contribution in [0.25, 0.3) is 0 Å². The van der Waals surface area contributed by atoms with Crippen LogP contribution in [-0.2, 0) is 21.2 Å². The van der Waals surface area contributed by atoms with E-state index < -0.39 is 10.0 Å². The van der Waals surface area contributed by atoms with Crippen molar-refractivity contribution in [2.24, 2.45) is 0 Å². The van der Waals surface area contributed by atoms with E-state index >= 15 is 0 Å². The first-order valence-electron chi connectivity index (χ1n) is 9.20. The quantitative estimate of drug-likeness (QED) is 0.576. The Morgan fingerprint density at radius 2 is 1.89 bits per heavy atom. The molecule has 150 valence electrons. The van der Waals surface area contributed by atoms with Gasteiger partial charge in [0.15, 0.2) is 0 Å². The van der Waals surface area contributed by atoms with Gasteiger partial charge in [-0.25, -0.2) is 8.42 Å². The average Bonchev–Trinajstić information content (AvgIpc) is 3.11. The van der Waals surface area contributed by atoms with E-state index in [9.17, 15) is 13.2 Å². The molecule has 1 heterocycles. The summed E-state index contributed by atoms with van der Waals surface area (Å²) in [7, 11) is -3.45. The molecule has 0 unspecified atom stereocenters. The summed E-state index contributed by atoms with van der Waals surface area (Å²) in [4.78, 5) is 11.9. The van der Waals surface area contributed by atoms with Crippen molar-refractivity contribution in [1.29, 1.82) is 0 Å². The summed E-state index contributed by atoms with van der Waals surface area (Å²) in [5, 5.41) is 2.69. The first-order valence-corrected chi connectivity index (χ1v) is 11.6. The van der Waals surface area contributed by atoms with Crippen molar-refractivity contribution in [2.75, 3.05) is 29.8 Å².